The summed E-state index contributed by atoms with van der Waals surface area (Å²) in [5.74, 6) is 0. The van der Waals surface area contributed by atoms with Gasteiger partial charge < -0.3 is 60.4 Å². The number of ether oxygens (including phenoxy) is 4. The number of rotatable bonds is 7. The van der Waals surface area contributed by atoms with E-state index < -0.39 is 74.6 Å². The Morgan fingerprint density at radius 1 is 0.692 bits per heavy atom. The minimum Gasteiger partial charge on any atom is -0.394 e. The molecule has 2 aliphatic heterocycles. The van der Waals surface area contributed by atoms with Gasteiger partial charge in [-0.25, -0.2) is 0 Å². The summed E-state index contributed by atoms with van der Waals surface area (Å²) in [5, 5.41) is 68.2. The lowest BCUT2D eigenvalue weighted by atomic mass is 9.98. The van der Waals surface area contributed by atoms with E-state index in [2.05, 4.69) is 0 Å². The zero-order valence-electron chi connectivity index (χ0n) is 13.9. The Morgan fingerprint density at radius 2 is 1.19 bits per heavy atom. The summed E-state index contributed by atoms with van der Waals surface area (Å²) in [5.41, 5.74) is 5.30. The Morgan fingerprint density at radius 3 is 1.73 bits per heavy atom. The summed E-state index contributed by atoms with van der Waals surface area (Å²) >= 11 is 0. The second-order valence-electron chi connectivity index (χ2n) is 6.20. The van der Waals surface area contributed by atoms with E-state index in [9.17, 15) is 30.6 Å². The summed E-state index contributed by atoms with van der Waals surface area (Å²) < 4.78 is 21.0. The van der Waals surface area contributed by atoms with Crippen molar-refractivity contribution >= 4 is 0 Å². The van der Waals surface area contributed by atoms with Crippen LogP contribution in [0.3, 0.4) is 0 Å². The number of nitrogens with two attached hydrogens (primary N) is 1. The molecule has 0 saturated carbocycles. The molecule has 12 heteroatoms. The van der Waals surface area contributed by atoms with E-state index in [0.717, 1.165) is 0 Å². The molecule has 2 fully saturated rings. The Labute approximate surface area is 149 Å². The van der Waals surface area contributed by atoms with Crippen molar-refractivity contribution in [2.45, 2.75) is 61.4 Å². The number of hydrogen-bond acceptors (Lipinski definition) is 12. The molecule has 2 aliphatic rings. The van der Waals surface area contributed by atoms with Crippen LogP contribution in [-0.2, 0) is 18.9 Å². The first-order valence-corrected chi connectivity index (χ1v) is 8.25. The molecule has 2 saturated heterocycles. The van der Waals surface area contributed by atoms with Crippen LogP contribution >= 0.6 is 0 Å². The predicted octanol–water partition coefficient (Wildman–Crippen LogP) is -5.41. The molecule has 9 N–H and O–H groups in total. The molecule has 0 aromatic heterocycles. The van der Waals surface area contributed by atoms with E-state index in [0.29, 0.717) is 0 Å². The second kappa shape index (κ2) is 9.64. The highest BCUT2D eigenvalue weighted by Gasteiger charge is 2.47. The maximum atomic E-state index is 10.0. The molecule has 0 aliphatic carbocycles. The first-order valence-electron chi connectivity index (χ1n) is 8.25. The molecule has 0 spiro atoms. The van der Waals surface area contributed by atoms with Crippen LogP contribution < -0.4 is 5.73 Å². The van der Waals surface area contributed by atoms with Crippen molar-refractivity contribution in [2.24, 2.45) is 5.73 Å². The molecule has 12 nitrogen and oxygen atoms in total. The van der Waals surface area contributed by atoms with Crippen LogP contribution in [0, 0.1) is 0 Å². The largest absolute Gasteiger partial charge is 0.394 e. The van der Waals surface area contributed by atoms with E-state index in [4.69, 9.17) is 29.8 Å². The Kier molecular flexibility index (Phi) is 8.08. The van der Waals surface area contributed by atoms with Crippen molar-refractivity contribution in [3.8, 4) is 0 Å². The monoisotopic (exact) mass is 385 g/mol. The Bertz CT molecular complexity index is 428. The maximum Gasteiger partial charge on any atom is 0.186 e. The molecule has 10 atom stereocenters. The molecule has 0 amide bonds. The highest BCUT2D eigenvalue weighted by Crippen LogP contribution is 2.25. The fourth-order valence-electron chi connectivity index (χ4n) is 2.77. The van der Waals surface area contributed by atoms with Crippen molar-refractivity contribution in [2.75, 3.05) is 26.4 Å². The SMILES string of the molecule is NCCOC1OC(COC2OC(CO)C(O)C(O)C2O)C(O)C(O)C1O. The van der Waals surface area contributed by atoms with Gasteiger partial charge in [0.1, 0.15) is 48.8 Å². The molecule has 2 heterocycles. The van der Waals surface area contributed by atoms with Gasteiger partial charge in [0.25, 0.3) is 0 Å². The van der Waals surface area contributed by atoms with Crippen LogP contribution in [-0.4, -0.2) is 124 Å². The lowest BCUT2D eigenvalue weighted by Crippen LogP contribution is -2.61. The van der Waals surface area contributed by atoms with Crippen molar-refractivity contribution < 1.29 is 54.7 Å². The van der Waals surface area contributed by atoms with Gasteiger partial charge >= 0.3 is 0 Å². The zero-order chi connectivity index (χ0) is 19.4. The highest BCUT2D eigenvalue weighted by molar-refractivity contribution is 4.91. The number of hydrogen-bond donors (Lipinski definition) is 8. The third kappa shape index (κ3) is 4.67. The molecule has 0 bridgehead atoms. The summed E-state index contributed by atoms with van der Waals surface area (Å²) in [4.78, 5) is 0. The second-order valence-corrected chi connectivity index (χ2v) is 6.20. The van der Waals surface area contributed by atoms with Crippen molar-refractivity contribution in [1.82, 2.24) is 0 Å². The minimum atomic E-state index is -1.62. The van der Waals surface area contributed by atoms with Gasteiger partial charge in [-0.3, -0.25) is 0 Å². The van der Waals surface area contributed by atoms with Gasteiger partial charge in [0.15, 0.2) is 12.6 Å². The van der Waals surface area contributed by atoms with Crippen LogP contribution in [0.4, 0.5) is 0 Å². The lowest BCUT2D eigenvalue weighted by Gasteiger charge is -2.42. The van der Waals surface area contributed by atoms with Gasteiger partial charge in [0.2, 0.25) is 0 Å². The number of aliphatic hydroxyl groups excluding tert-OH is 7. The predicted molar refractivity (Wildman–Crippen MR) is 81.4 cm³/mol. The topological polar surface area (TPSA) is 205 Å². The molecule has 0 radical (unpaired) electrons. The smallest absolute Gasteiger partial charge is 0.186 e. The minimum absolute atomic E-state index is 0.0465. The van der Waals surface area contributed by atoms with Gasteiger partial charge in [-0.15, -0.1) is 0 Å². The lowest BCUT2D eigenvalue weighted by molar-refractivity contribution is -0.330. The van der Waals surface area contributed by atoms with Crippen LogP contribution in [0.5, 0.6) is 0 Å². The van der Waals surface area contributed by atoms with Crippen molar-refractivity contribution in [3.05, 3.63) is 0 Å². The van der Waals surface area contributed by atoms with E-state index in [-0.39, 0.29) is 13.2 Å². The molecule has 154 valence electrons. The van der Waals surface area contributed by atoms with E-state index >= 15 is 0 Å². The molecule has 0 aromatic carbocycles. The van der Waals surface area contributed by atoms with Gasteiger partial charge in [0.05, 0.1) is 19.8 Å². The van der Waals surface area contributed by atoms with Crippen molar-refractivity contribution in [1.29, 1.82) is 0 Å². The normalized spacial score (nSPS) is 47.1. The van der Waals surface area contributed by atoms with Crippen LogP contribution in [0.2, 0.25) is 0 Å². The number of aliphatic hydroxyl groups is 7. The van der Waals surface area contributed by atoms with Crippen LogP contribution in [0.15, 0.2) is 0 Å². The first-order chi connectivity index (χ1) is 12.3. The van der Waals surface area contributed by atoms with Crippen LogP contribution in [0.25, 0.3) is 0 Å². The molecule has 2 rings (SSSR count). The summed E-state index contributed by atoms with van der Waals surface area (Å²) in [6, 6.07) is 0. The first kappa shape index (κ1) is 21.8. The summed E-state index contributed by atoms with van der Waals surface area (Å²) in [7, 11) is 0. The molecule has 10 unspecified atom stereocenters. The standard InChI is InChI=1S/C14H27NO11/c15-1-2-23-13-11(21)10(20)8(18)6(26-13)4-24-14-12(22)9(19)7(17)5(3-16)25-14/h5-14,16-22H,1-4,15H2. The highest BCUT2D eigenvalue weighted by atomic mass is 16.7. The van der Waals surface area contributed by atoms with Gasteiger partial charge in [0, 0.05) is 6.54 Å². The quantitative estimate of drug-likeness (QED) is 0.207. The van der Waals surface area contributed by atoms with E-state index in [1.165, 1.54) is 0 Å². The third-order valence-corrected chi connectivity index (χ3v) is 4.34. The molecular formula is C14H27NO11. The zero-order valence-corrected chi connectivity index (χ0v) is 13.9. The fourth-order valence-corrected chi connectivity index (χ4v) is 2.77. The molecule has 0 aromatic rings. The average Bonchev–Trinajstić information content (AvgIpc) is 2.64. The molecular weight excluding hydrogens is 358 g/mol. The summed E-state index contributed by atoms with van der Waals surface area (Å²) in [6.45, 7) is -0.828. The maximum absolute atomic E-state index is 10.0. The van der Waals surface area contributed by atoms with Gasteiger partial charge in [-0.05, 0) is 0 Å². The fraction of sp³-hybridized carbons (Fsp3) is 1.00. The molecule has 26 heavy (non-hydrogen) atoms. The van der Waals surface area contributed by atoms with Gasteiger partial charge in [-0.2, -0.15) is 0 Å². The van der Waals surface area contributed by atoms with E-state index in [1.807, 2.05) is 0 Å². The summed E-state index contributed by atoms with van der Waals surface area (Å²) in [6.07, 6.45) is -14.3. The van der Waals surface area contributed by atoms with Crippen molar-refractivity contribution in [3.63, 3.8) is 0 Å². The van der Waals surface area contributed by atoms with E-state index in [1.54, 1.807) is 0 Å². The Hall–Kier alpha value is -0.480. The Balaban J connectivity index is 1.96. The third-order valence-electron chi connectivity index (χ3n) is 4.34. The van der Waals surface area contributed by atoms with Crippen LogP contribution in [0.1, 0.15) is 0 Å². The van der Waals surface area contributed by atoms with Gasteiger partial charge in [-0.1, -0.05) is 0 Å². The average molecular weight is 385 g/mol.